The summed E-state index contributed by atoms with van der Waals surface area (Å²) in [5.41, 5.74) is 1.72. The fraction of sp³-hybridized carbons (Fsp3) is 0.227. The summed E-state index contributed by atoms with van der Waals surface area (Å²) in [4.78, 5) is 13.5. The number of aryl methyl sites for hydroxylation is 1. The standard InChI is InChI=1S/C22H18F2N4O2S/c1-11-5-3-4-6-16(11)28-21(25-26-22(28)31)14-10-27(12-7-8-12)18-13(19(14)29)9-15(23)17(24)20(18)30-2/h3-6,9-10,12H,7-8H2,1-2H3,(H,26,31). The van der Waals surface area contributed by atoms with E-state index in [-0.39, 0.29) is 28.3 Å². The van der Waals surface area contributed by atoms with E-state index >= 15 is 0 Å². The second-order valence-corrected chi connectivity index (χ2v) is 7.97. The Morgan fingerprint density at radius 2 is 2.00 bits per heavy atom. The second-order valence-electron chi connectivity index (χ2n) is 7.59. The van der Waals surface area contributed by atoms with Crippen LogP contribution in [-0.4, -0.2) is 26.4 Å². The Morgan fingerprint density at radius 3 is 2.68 bits per heavy atom. The molecule has 0 bridgehead atoms. The minimum atomic E-state index is -1.14. The summed E-state index contributed by atoms with van der Waals surface area (Å²) in [5, 5.41) is 7.09. The zero-order valence-electron chi connectivity index (χ0n) is 16.8. The third kappa shape index (κ3) is 2.99. The minimum absolute atomic E-state index is 0.0328. The SMILES string of the molecule is COc1c(F)c(F)cc2c(=O)c(-c3n[nH]c(=S)n3-c3ccccc3C)cn(C3CC3)c12. The number of ether oxygens (including phenoxy) is 1. The topological polar surface area (TPSA) is 64.8 Å². The van der Waals surface area contributed by atoms with E-state index in [1.165, 1.54) is 7.11 Å². The van der Waals surface area contributed by atoms with Gasteiger partial charge >= 0.3 is 0 Å². The lowest BCUT2D eigenvalue weighted by Gasteiger charge is -2.17. The molecule has 9 heteroatoms. The van der Waals surface area contributed by atoms with Crippen molar-refractivity contribution in [2.75, 3.05) is 7.11 Å². The van der Waals surface area contributed by atoms with Crippen molar-refractivity contribution < 1.29 is 13.5 Å². The van der Waals surface area contributed by atoms with Crippen molar-refractivity contribution in [3.05, 3.63) is 68.7 Å². The number of rotatable bonds is 4. The molecule has 6 nitrogen and oxygen atoms in total. The largest absolute Gasteiger partial charge is 0.491 e. The Labute approximate surface area is 180 Å². The van der Waals surface area contributed by atoms with Gasteiger partial charge in [0.1, 0.15) is 0 Å². The van der Waals surface area contributed by atoms with Crippen LogP contribution >= 0.6 is 12.2 Å². The van der Waals surface area contributed by atoms with E-state index in [1.807, 2.05) is 31.2 Å². The van der Waals surface area contributed by atoms with Crippen molar-refractivity contribution in [1.29, 1.82) is 0 Å². The van der Waals surface area contributed by atoms with Gasteiger partial charge in [-0.15, -0.1) is 0 Å². The van der Waals surface area contributed by atoms with Crippen molar-refractivity contribution >= 4 is 23.1 Å². The maximum absolute atomic E-state index is 14.4. The molecule has 1 aliphatic rings. The molecule has 2 heterocycles. The van der Waals surface area contributed by atoms with Crippen LogP contribution in [0.4, 0.5) is 8.78 Å². The molecular formula is C22H18F2N4O2S. The highest BCUT2D eigenvalue weighted by Crippen LogP contribution is 2.41. The Kier molecular flexibility index (Phi) is 4.51. The number of hydrogen-bond acceptors (Lipinski definition) is 4. The highest BCUT2D eigenvalue weighted by molar-refractivity contribution is 7.71. The first-order valence-electron chi connectivity index (χ1n) is 9.77. The van der Waals surface area contributed by atoms with Crippen LogP contribution in [0, 0.1) is 23.3 Å². The van der Waals surface area contributed by atoms with Gasteiger partial charge in [0.05, 0.1) is 29.3 Å². The third-order valence-electron chi connectivity index (χ3n) is 5.58. The highest BCUT2D eigenvalue weighted by Gasteiger charge is 2.30. The highest BCUT2D eigenvalue weighted by atomic mass is 32.1. The average Bonchev–Trinajstić information content (AvgIpc) is 3.53. The first-order chi connectivity index (χ1) is 14.9. The summed E-state index contributed by atoms with van der Waals surface area (Å²) in [6.07, 6.45) is 3.37. The number of halogens is 2. The van der Waals surface area contributed by atoms with Gasteiger partial charge < -0.3 is 9.30 Å². The summed E-state index contributed by atoms with van der Waals surface area (Å²) >= 11 is 5.43. The van der Waals surface area contributed by atoms with Crippen LogP contribution in [0.2, 0.25) is 0 Å². The van der Waals surface area contributed by atoms with Gasteiger partial charge in [-0.05, 0) is 49.7 Å². The monoisotopic (exact) mass is 440 g/mol. The number of fused-ring (bicyclic) bond motifs is 1. The van der Waals surface area contributed by atoms with E-state index in [0.717, 1.165) is 30.2 Å². The Morgan fingerprint density at radius 1 is 1.26 bits per heavy atom. The maximum atomic E-state index is 14.4. The molecule has 1 saturated carbocycles. The summed E-state index contributed by atoms with van der Waals surface area (Å²) in [5.74, 6) is -2.22. The molecular weight excluding hydrogens is 422 g/mol. The van der Waals surface area contributed by atoms with Gasteiger partial charge in [-0.25, -0.2) is 4.39 Å². The molecule has 2 aromatic heterocycles. The quantitative estimate of drug-likeness (QED) is 0.461. The zero-order valence-corrected chi connectivity index (χ0v) is 17.6. The van der Waals surface area contributed by atoms with E-state index < -0.39 is 17.1 Å². The Balaban J connectivity index is 1.88. The third-order valence-corrected chi connectivity index (χ3v) is 5.85. The van der Waals surface area contributed by atoms with Crippen LogP contribution in [0.3, 0.4) is 0 Å². The van der Waals surface area contributed by atoms with Gasteiger partial charge in [0, 0.05) is 12.2 Å². The van der Waals surface area contributed by atoms with Crippen LogP contribution in [0.5, 0.6) is 5.75 Å². The van der Waals surface area contributed by atoms with Gasteiger partial charge in [-0.3, -0.25) is 14.5 Å². The lowest BCUT2D eigenvalue weighted by atomic mass is 10.1. The number of nitrogens with one attached hydrogen (secondary N) is 1. The number of H-pyrrole nitrogens is 1. The molecule has 2 aromatic carbocycles. The van der Waals surface area contributed by atoms with E-state index in [1.54, 1.807) is 15.3 Å². The molecule has 5 rings (SSSR count). The molecule has 1 aliphatic carbocycles. The Bertz CT molecular complexity index is 1470. The summed E-state index contributed by atoms with van der Waals surface area (Å²) < 4.78 is 37.7. The minimum Gasteiger partial charge on any atom is -0.491 e. The molecule has 0 unspecified atom stereocenters. The van der Waals surface area contributed by atoms with Crippen LogP contribution in [0.25, 0.3) is 28.0 Å². The molecule has 0 aliphatic heterocycles. The normalized spacial score (nSPS) is 13.7. The van der Waals surface area contributed by atoms with Crippen molar-refractivity contribution in [3.63, 3.8) is 0 Å². The molecule has 4 aromatic rings. The number of hydrogen-bond donors (Lipinski definition) is 1. The molecule has 0 amide bonds. The van der Waals surface area contributed by atoms with Crippen LogP contribution in [0.15, 0.2) is 41.3 Å². The van der Waals surface area contributed by atoms with E-state index in [4.69, 9.17) is 17.0 Å². The molecule has 0 spiro atoms. The molecule has 31 heavy (non-hydrogen) atoms. The molecule has 158 valence electrons. The molecule has 0 saturated heterocycles. The lowest BCUT2D eigenvalue weighted by Crippen LogP contribution is -2.16. The summed E-state index contributed by atoms with van der Waals surface area (Å²) in [6, 6.07) is 8.57. The van der Waals surface area contributed by atoms with Gasteiger partial charge in [0.15, 0.2) is 22.2 Å². The van der Waals surface area contributed by atoms with Crippen LogP contribution in [-0.2, 0) is 0 Å². The predicted octanol–water partition coefficient (Wildman–Crippen LogP) is 4.84. The predicted molar refractivity (Wildman–Crippen MR) is 115 cm³/mol. The van der Waals surface area contributed by atoms with Crippen molar-refractivity contribution in [3.8, 4) is 22.8 Å². The van der Waals surface area contributed by atoms with Crippen LogP contribution in [0.1, 0.15) is 24.4 Å². The maximum Gasteiger partial charge on any atom is 0.202 e. The van der Waals surface area contributed by atoms with Gasteiger partial charge in [0.25, 0.3) is 0 Å². The van der Waals surface area contributed by atoms with Gasteiger partial charge in [-0.2, -0.15) is 9.49 Å². The fourth-order valence-electron chi connectivity index (χ4n) is 3.93. The lowest BCUT2D eigenvalue weighted by molar-refractivity contribution is 0.375. The van der Waals surface area contributed by atoms with Gasteiger partial charge in [0.2, 0.25) is 11.2 Å². The molecule has 1 N–H and O–H groups in total. The Hall–Kier alpha value is -3.33. The summed E-state index contributed by atoms with van der Waals surface area (Å²) in [6.45, 7) is 1.93. The van der Waals surface area contributed by atoms with Crippen molar-refractivity contribution in [2.45, 2.75) is 25.8 Å². The van der Waals surface area contributed by atoms with E-state index in [0.29, 0.717) is 10.6 Å². The number of aromatic amines is 1. The van der Waals surface area contributed by atoms with E-state index in [9.17, 15) is 13.6 Å². The fourth-order valence-corrected chi connectivity index (χ4v) is 4.16. The number of pyridine rings is 1. The molecule has 1 fully saturated rings. The number of para-hydroxylation sites is 1. The zero-order chi connectivity index (χ0) is 21.9. The number of methoxy groups -OCH3 is 1. The van der Waals surface area contributed by atoms with Crippen molar-refractivity contribution in [2.24, 2.45) is 0 Å². The average molecular weight is 440 g/mol. The first kappa shape index (κ1) is 19.6. The van der Waals surface area contributed by atoms with Crippen LogP contribution < -0.4 is 10.2 Å². The number of benzene rings is 2. The number of aromatic nitrogens is 4. The smallest absolute Gasteiger partial charge is 0.202 e. The molecule has 0 radical (unpaired) electrons. The number of nitrogens with zero attached hydrogens (tertiary/aromatic N) is 3. The second kappa shape index (κ2) is 7.12. The molecule has 0 atom stereocenters. The van der Waals surface area contributed by atoms with Gasteiger partial charge in [-0.1, -0.05) is 18.2 Å². The summed E-state index contributed by atoms with van der Waals surface area (Å²) in [7, 11) is 1.26. The van der Waals surface area contributed by atoms with E-state index in [2.05, 4.69) is 10.2 Å². The van der Waals surface area contributed by atoms with Crippen molar-refractivity contribution in [1.82, 2.24) is 19.3 Å². The first-order valence-corrected chi connectivity index (χ1v) is 10.2.